The number of hydrogen-bond donors (Lipinski definition) is 1. The summed E-state index contributed by atoms with van der Waals surface area (Å²) in [6.07, 6.45) is 0.550. The Morgan fingerprint density at radius 3 is 2.45 bits per heavy atom. The Bertz CT molecular complexity index is 773. The molecule has 0 aliphatic carbocycles. The number of rotatable bonds is 6. The summed E-state index contributed by atoms with van der Waals surface area (Å²) in [6.45, 7) is 1.84. The van der Waals surface area contributed by atoms with Crippen molar-refractivity contribution in [1.82, 2.24) is 4.72 Å². The Morgan fingerprint density at radius 1 is 1.14 bits per heavy atom. The van der Waals surface area contributed by atoms with Gasteiger partial charge in [0.05, 0.1) is 9.82 Å². The second-order valence-corrected chi connectivity index (χ2v) is 6.58. The molecule has 0 unspecified atom stereocenters. The molecule has 0 aromatic heterocycles. The molecule has 0 atom stereocenters. The van der Waals surface area contributed by atoms with Crippen LogP contribution in [0.5, 0.6) is 0 Å². The molecule has 0 saturated heterocycles. The summed E-state index contributed by atoms with van der Waals surface area (Å²) in [5.41, 5.74) is 1.24. The van der Waals surface area contributed by atoms with Crippen LogP contribution >= 0.6 is 0 Å². The van der Waals surface area contributed by atoms with Crippen molar-refractivity contribution < 1.29 is 13.3 Å². The van der Waals surface area contributed by atoms with E-state index in [9.17, 15) is 18.5 Å². The minimum atomic E-state index is -3.77. The summed E-state index contributed by atoms with van der Waals surface area (Å²) in [5, 5.41) is 10.8. The van der Waals surface area contributed by atoms with E-state index in [1.54, 1.807) is 6.92 Å². The van der Waals surface area contributed by atoms with Crippen LogP contribution in [0, 0.1) is 17.0 Å². The number of sulfonamides is 1. The highest BCUT2D eigenvalue weighted by molar-refractivity contribution is 7.89. The first-order valence-corrected chi connectivity index (χ1v) is 8.17. The van der Waals surface area contributed by atoms with E-state index in [1.165, 1.54) is 12.1 Å². The van der Waals surface area contributed by atoms with Crippen molar-refractivity contribution in [3.63, 3.8) is 0 Å². The fourth-order valence-corrected chi connectivity index (χ4v) is 3.34. The fourth-order valence-electron chi connectivity index (χ4n) is 2.04. The predicted octanol–water partition coefficient (Wildman–Crippen LogP) is 2.42. The standard InChI is InChI=1S/C15H16N2O4S/c1-12-7-8-14(17(18)19)11-15(12)22(20,21)16-10-9-13-5-3-2-4-6-13/h2-8,11,16H,9-10H2,1H3. The minimum Gasteiger partial charge on any atom is -0.258 e. The van der Waals surface area contributed by atoms with E-state index in [-0.39, 0.29) is 17.1 Å². The maximum Gasteiger partial charge on any atom is 0.270 e. The highest BCUT2D eigenvalue weighted by Crippen LogP contribution is 2.21. The summed E-state index contributed by atoms with van der Waals surface area (Å²) < 4.78 is 27.0. The molecule has 7 heteroatoms. The highest BCUT2D eigenvalue weighted by atomic mass is 32.2. The van der Waals surface area contributed by atoms with E-state index >= 15 is 0 Å². The van der Waals surface area contributed by atoms with Gasteiger partial charge in [0.25, 0.3) is 5.69 Å². The van der Waals surface area contributed by atoms with Gasteiger partial charge in [-0.1, -0.05) is 36.4 Å². The quantitative estimate of drug-likeness (QED) is 0.654. The molecule has 0 fully saturated rings. The summed E-state index contributed by atoms with van der Waals surface area (Å²) in [7, 11) is -3.77. The minimum absolute atomic E-state index is 0.0604. The lowest BCUT2D eigenvalue weighted by atomic mass is 10.2. The molecule has 1 N–H and O–H groups in total. The Kier molecular flexibility index (Phi) is 4.89. The zero-order valence-corrected chi connectivity index (χ0v) is 12.8. The van der Waals surface area contributed by atoms with Crippen LogP contribution in [0.4, 0.5) is 5.69 Å². The van der Waals surface area contributed by atoms with Gasteiger partial charge in [-0.3, -0.25) is 10.1 Å². The zero-order chi connectivity index (χ0) is 16.2. The first-order chi connectivity index (χ1) is 10.4. The van der Waals surface area contributed by atoms with Crippen LogP contribution in [0.2, 0.25) is 0 Å². The molecule has 0 aliphatic rings. The van der Waals surface area contributed by atoms with E-state index in [0.717, 1.165) is 11.6 Å². The first-order valence-electron chi connectivity index (χ1n) is 6.69. The lowest BCUT2D eigenvalue weighted by molar-refractivity contribution is -0.385. The van der Waals surface area contributed by atoms with Crippen molar-refractivity contribution in [2.24, 2.45) is 0 Å². The first kappa shape index (κ1) is 16.1. The number of benzene rings is 2. The molecule has 0 bridgehead atoms. The third-order valence-corrected chi connectivity index (χ3v) is 4.82. The Balaban J connectivity index is 2.13. The molecule has 2 rings (SSSR count). The van der Waals surface area contributed by atoms with Crippen LogP contribution in [0.3, 0.4) is 0 Å². The van der Waals surface area contributed by atoms with Gasteiger partial charge in [0.15, 0.2) is 0 Å². The van der Waals surface area contributed by atoms with Gasteiger partial charge in [0.1, 0.15) is 0 Å². The van der Waals surface area contributed by atoms with E-state index in [1.807, 2.05) is 30.3 Å². The Labute approximate surface area is 129 Å². The molecule has 0 aliphatic heterocycles. The van der Waals surface area contributed by atoms with Crippen molar-refractivity contribution in [1.29, 1.82) is 0 Å². The maximum absolute atomic E-state index is 12.3. The monoisotopic (exact) mass is 320 g/mol. The molecule has 116 valence electrons. The van der Waals surface area contributed by atoms with Crippen molar-refractivity contribution in [2.75, 3.05) is 6.54 Å². The van der Waals surface area contributed by atoms with Crippen LogP contribution in [0.1, 0.15) is 11.1 Å². The third kappa shape index (κ3) is 3.90. The van der Waals surface area contributed by atoms with Gasteiger partial charge < -0.3 is 0 Å². The Hall–Kier alpha value is -2.25. The molecule has 6 nitrogen and oxygen atoms in total. The SMILES string of the molecule is Cc1ccc([N+](=O)[O-])cc1S(=O)(=O)NCCc1ccccc1. The average molecular weight is 320 g/mol. The van der Waals surface area contributed by atoms with Crippen LogP contribution in [0.25, 0.3) is 0 Å². The van der Waals surface area contributed by atoms with Gasteiger partial charge in [-0.05, 0) is 24.5 Å². The predicted molar refractivity (Wildman–Crippen MR) is 83.2 cm³/mol. The summed E-state index contributed by atoms with van der Waals surface area (Å²) in [5.74, 6) is 0. The van der Waals surface area contributed by atoms with Crippen molar-refractivity contribution in [3.8, 4) is 0 Å². The van der Waals surface area contributed by atoms with Crippen LogP contribution in [-0.4, -0.2) is 19.9 Å². The van der Waals surface area contributed by atoms with Crippen LogP contribution in [0.15, 0.2) is 53.4 Å². The second-order valence-electron chi connectivity index (χ2n) is 4.84. The van der Waals surface area contributed by atoms with Crippen molar-refractivity contribution in [3.05, 3.63) is 69.8 Å². The highest BCUT2D eigenvalue weighted by Gasteiger charge is 2.19. The number of aryl methyl sites for hydroxylation is 1. The third-order valence-electron chi connectivity index (χ3n) is 3.22. The van der Waals surface area contributed by atoms with Crippen molar-refractivity contribution >= 4 is 15.7 Å². The van der Waals surface area contributed by atoms with Crippen LogP contribution in [-0.2, 0) is 16.4 Å². The topological polar surface area (TPSA) is 89.3 Å². The normalized spacial score (nSPS) is 11.3. The van der Waals surface area contributed by atoms with E-state index in [2.05, 4.69) is 4.72 Å². The van der Waals surface area contributed by atoms with Gasteiger partial charge in [-0.25, -0.2) is 13.1 Å². The van der Waals surface area contributed by atoms with Gasteiger partial charge in [0.2, 0.25) is 10.0 Å². The second kappa shape index (κ2) is 6.67. The lowest BCUT2D eigenvalue weighted by Gasteiger charge is -2.09. The van der Waals surface area contributed by atoms with Gasteiger partial charge in [0, 0.05) is 18.7 Å². The zero-order valence-electron chi connectivity index (χ0n) is 12.0. The molecule has 0 heterocycles. The summed E-state index contributed by atoms with van der Waals surface area (Å²) in [4.78, 5) is 10.1. The average Bonchev–Trinajstić information content (AvgIpc) is 2.48. The number of non-ortho nitro benzene ring substituents is 1. The molecule has 0 saturated carbocycles. The number of hydrogen-bond acceptors (Lipinski definition) is 4. The lowest BCUT2D eigenvalue weighted by Crippen LogP contribution is -2.26. The molecule has 0 spiro atoms. The summed E-state index contributed by atoms with van der Waals surface area (Å²) >= 11 is 0. The molecule has 2 aromatic carbocycles. The fraction of sp³-hybridized carbons (Fsp3) is 0.200. The molecule has 0 radical (unpaired) electrons. The van der Waals surface area contributed by atoms with Gasteiger partial charge >= 0.3 is 0 Å². The van der Waals surface area contributed by atoms with Gasteiger partial charge in [-0.2, -0.15) is 0 Å². The number of nitrogens with one attached hydrogen (secondary N) is 1. The van der Waals surface area contributed by atoms with E-state index in [0.29, 0.717) is 12.0 Å². The van der Waals surface area contributed by atoms with E-state index < -0.39 is 14.9 Å². The Morgan fingerprint density at radius 2 is 1.82 bits per heavy atom. The number of nitro groups is 1. The number of nitrogens with zero attached hydrogens (tertiary/aromatic N) is 1. The molecule has 0 amide bonds. The van der Waals surface area contributed by atoms with Gasteiger partial charge in [-0.15, -0.1) is 0 Å². The molecular formula is C15H16N2O4S. The molecule has 2 aromatic rings. The molecular weight excluding hydrogens is 304 g/mol. The molecule has 22 heavy (non-hydrogen) atoms. The largest absolute Gasteiger partial charge is 0.270 e. The maximum atomic E-state index is 12.3. The van der Waals surface area contributed by atoms with E-state index in [4.69, 9.17) is 0 Å². The smallest absolute Gasteiger partial charge is 0.258 e. The van der Waals surface area contributed by atoms with Crippen LogP contribution < -0.4 is 4.72 Å². The van der Waals surface area contributed by atoms with Crippen molar-refractivity contribution in [2.45, 2.75) is 18.2 Å². The number of nitro benzene ring substituents is 1. The summed E-state index contributed by atoms with van der Waals surface area (Å²) in [6, 6.07) is 13.3.